The van der Waals surface area contributed by atoms with Crippen LogP contribution in [0.5, 0.6) is 0 Å². The minimum atomic E-state index is -0.587. The summed E-state index contributed by atoms with van der Waals surface area (Å²) < 4.78 is 0. The molecule has 0 aliphatic carbocycles. The molecule has 2 amide bonds. The molecule has 4 N–H and O–H groups in total. The molecule has 0 unspecified atom stereocenters. The average Bonchev–Trinajstić information content (AvgIpc) is 2.83. The second-order valence-electron chi connectivity index (χ2n) is 8.15. The minimum absolute atomic E-state index is 0. The number of nitrogens with one attached hydrogen (secondary N) is 2. The normalized spacial score (nSPS) is 16.0. The molecule has 1 aliphatic rings. The summed E-state index contributed by atoms with van der Waals surface area (Å²) in [6.45, 7) is 8.21. The second-order valence-corrected chi connectivity index (χ2v) is 8.15. The van der Waals surface area contributed by atoms with Crippen LogP contribution in [0.3, 0.4) is 0 Å². The number of hydrogen-bond acceptors (Lipinski definition) is 4. The van der Waals surface area contributed by atoms with Gasteiger partial charge in [-0.15, -0.1) is 24.8 Å². The van der Waals surface area contributed by atoms with E-state index < -0.39 is 6.04 Å². The van der Waals surface area contributed by atoms with Gasteiger partial charge in [-0.05, 0) is 55.6 Å². The molecule has 6 nitrogen and oxygen atoms in total. The number of carbonyl (C=O) groups is 2. The summed E-state index contributed by atoms with van der Waals surface area (Å²) in [6.07, 6.45) is 4.84. The maximum Gasteiger partial charge on any atom is 0.241 e. The molecule has 0 radical (unpaired) electrons. The van der Waals surface area contributed by atoms with Crippen molar-refractivity contribution in [2.75, 3.05) is 30.3 Å². The molecule has 0 saturated carbocycles. The van der Waals surface area contributed by atoms with Gasteiger partial charge in [-0.2, -0.15) is 0 Å². The molecule has 2 rings (SSSR count). The van der Waals surface area contributed by atoms with Crippen molar-refractivity contribution in [1.82, 2.24) is 4.90 Å². The van der Waals surface area contributed by atoms with Gasteiger partial charge in [0.25, 0.3) is 0 Å². The van der Waals surface area contributed by atoms with Crippen molar-refractivity contribution in [3.05, 3.63) is 24.3 Å². The van der Waals surface area contributed by atoms with Crippen LogP contribution in [0.15, 0.2) is 24.3 Å². The average molecular weight is 433 g/mol. The van der Waals surface area contributed by atoms with E-state index >= 15 is 0 Å². The third-order valence-electron chi connectivity index (χ3n) is 4.72. The Morgan fingerprint density at radius 1 is 0.964 bits per heavy atom. The van der Waals surface area contributed by atoms with Gasteiger partial charge in [-0.25, -0.2) is 0 Å². The molecule has 1 aromatic rings. The van der Waals surface area contributed by atoms with E-state index in [9.17, 15) is 9.59 Å². The van der Waals surface area contributed by atoms with Crippen LogP contribution in [0.25, 0.3) is 0 Å². The van der Waals surface area contributed by atoms with Crippen molar-refractivity contribution in [3.63, 3.8) is 0 Å². The predicted octanol–water partition coefficient (Wildman–Crippen LogP) is 3.66. The van der Waals surface area contributed by atoms with E-state index in [1.165, 1.54) is 25.7 Å². The Labute approximate surface area is 180 Å². The first-order valence-electron chi connectivity index (χ1n) is 9.44. The molecule has 1 atom stereocenters. The van der Waals surface area contributed by atoms with Gasteiger partial charge in [-0.3, -0.25) is 14.5 Å². The summed E-state index contributed by atoms with van der Waals surface area (Å²) >= 11 is 0. The van der Waals surface area contributed by atoms with Crippen molar-refractivity contribution in [1.29, 1.82) is 0 Å². The van der Waals surface area contributed by atoms with Crippen LogP contribution in [0, 0.1) is 5.41 Å². The van der Waals surface area contributed by atoms with Crippen molar-refractivity contribution in [3.8, 4) is 0 Å². The third kappa shape index (κ3) is 8.78. The number of carbonyl (C=O) groups excluding carboxylic acids is 2. The molecule has 1 saturated heterocycles. The van der Waals surface area contributed by atoms with E-state index in [2.05, 4.69) is 15.5 Å². The first-order chi connectivity index (χ1) is 12.3. The van der Waals surface area contributed by atoms with Crippen molar-refractivity contribution in [2.24, 2.45) is 11.1 Å². The summed E-state index contributed by atoms with van der Waals surface area (Å²) in [7, 11) is 0. The maximum absolute atomic E-state index is 12.2. The molecular weight excluding hydrogens is 399 g/mol. The topological polar surface area (TPSA) is 87.5 Å². The SMILES string of the molecule is CC(C)(C)[C@H](N)C(=O)Nc1ccc(NC(=O)CN2CCCCCC2)cc1.Cl.Cl. The highest BCUT2D eigenvalue weighted by molar-refractivity contribution is 5.96. The van der Waals surface area contributed by atoms with E-state index in [0.29, 0.717) is 12.2 Å². The first kappa shape index (κ1) is 26.7. The van der Waals surface area contributed by atoms with Crippen molar-refractivity contribution in [2.45, 2.75) is 52.5 Å². The van der Waals surface area contributed by atoms with Crippen LogP contribution >= 0.6 is 24.8 Å². The summed E-state index contributed by atoms with van der Waals surface area (Å²) in [5.41, 5.74) is 7.06. The lowest BCUT2D eigenvalue weighted by Crippen LogP contribution is -2.45. The zero-order valence-electron chi connectivity index (χ0n) is 17.0. The molecule has 160 valence electrons. The number of amides is 2. The molecule has 0 spiro atoms. The molecule has 1 heterocycles. The molecule has 0 bridgehead atoms. The van der Waals surface area contributed by atoms with Gasteiger partial charge in [0.2, 0.25) is 11.8 Å². The van der Waals surface area contributed by atoms with Crippen LogP contribution in [-0.2, 0) is 9.59 Å². The van der Waals surface area contributed by atoms with Gasteiger partial charge in [0, 0.05) is 11.4 Å². The molecule has 0 aromatic heterocycles. The molecule has 8 heteroatoms. The van der Waals surface area contributed by atoms with Crippen LogP contribution in [-0.4, -0.2) is 42.4 Å². The highest BCUT2D eigenvalue weighted by atomic mass is 35.5. The largest absolute Gasteiger partial charge is 0.325 e. The van der Waals surface area contributed by atoms with Crippen LogP contribution in [0.4, 0.5) is 11.4 Å². The van der Waals surface area contributed by atoms with Crippen LogP contribution < -0.4 is 16.4 Å². The minimum Gasteiger partial charge on any atom is -0.325 e. The van der Waals surface area contributed by atoms with Crippen LogP contribution in [0.1, 0.15) is 46.5 Å². The Hall–Kier alpha value is -1.34. The Morgan fingerprint density at radius 2 is 1.43 bits per heavy atom. The standard InChI is InChI=1S/C20H32N4O2.2ClH/c1-20(2,3)18(21)19(26)23-16-10-8-15(9-11-16)22-17(25)14-24-12-6-4-5-7-13-24;;/h8-11,18H,4-7,12-14,21H2,1-3H3,(H,22,25)(H,23,26);2*1H/t18-;;/m1../s1. The quantitative estimate of drug-likeness (QED) is 0.662. The van der Waals surface area contributed by atoms with E-state index in [1.54, 1.807) is 24.3 Å². The first-order valence-corrected chi connectivity index (χ1v) is 9.44. The fourth-order valence-corrected chi connectivity index (χ4v) is 2.95. The smallest absolute Gasteiger partial charge is 0.241 e. The monoisotopic (exact) mass is 432 g/mol. The summed E-state index contributed by atoms with van der Waals surface area (Å²) in [4.78, 5) is 26.6. The van der Waals surface area contributed by atoms with E-state index in [0.717, 1.165) is 18.8 Å². The lowest BCUT2D eigenvalue weighted by Gasteiger charge is -2.25. The lowest BCUT2D eigenvalue weighted by atomic mass is 9.87. The number of benzene rings is 1. The molecule has 1 aliphatic heterocycles. The number of nitrogens with two attached hydrogens (primary N) is 1. The summed E-state index contributed by atoms with van der Waals surface area (Å²) in [5.74, 6) is -0.214. The molecular formula is C20H34Cl2N4O2. The van der Waals surface area contributed by atoms with E-state index in [1.807, 2.05) is 20.8 Å². The Bertz CT molecular complexity index is 610. The Balaban J connectivity index is 0.00000364. The zero-order chi connectivity index (χ0) is 19.2. The molecule has 1 aromatic carbocycles. The number of hydrogen-bond donors (Lipinski definition) is 3. The Morgan fingerprint density at radius 3 is 1.89 bits per heavy atom. The van der Waals surface area contributed by atoms with Crippen LogP contribution in [0.2, 0.25) is 0 Å². The van der Waals surface area contributed by atoms with Gasteiger partial charge >= 0.3 is 0 Å². The van der Waals surface area contributed by atoms with Gasteiger partial charge < -0.3 is 16.4 Å². The van der Waals surface area contributed by atoms with Crippen molar-refractivity contribution >= 4 is 48.0 Å². The second kappa shape index (κ2) is 12.3. The van der Waals surface area contributed by atoms with E-state index in [-0.39, 0.29) is 42.0 Å². The third-order valence-corrected chi connectivity index (χ3v) is 4.72. The number of likely N-dealkylation sites (tertiary alicyclic amines) is 1. The number of nitrogens with zero attached hydrogens (tertiary/aromatic N) is 1. The van der Waals surface area contributed by atoms with Crippen molar-refractivity contribution < 1.29 is 9.59 Å². The predicted molar refractivity (Wildman–Crippen MR) is 121 cm³/mol. The summed E-state index contributed by atoms with van der Waals surface area (Å²) in [5, 5.41) is 5.74. The summed E-state index contributed by atoms with van der Waals surface area (Å²) in [6, 6.07) is 6.54. The maximum atomic E-state index is 12.2. The molecule has 28 heavy (non-hydrogen) atoms. The Kier molecular flexibility index (Phi) is 11.7. The number of anilines is 2. The highest BCUT2D eigenvalue weighted by Gasteiger charge is 2.27. The van der Waals surface area contributed by atoms with Gasteiger partial charge in [0.1, 0.15) is 0 Å². The van der Waals surface area contributed by atoms with Gasteiger partial charge in [-0.1, -0.05) is 33.6 Å². The number of rotatable bonds is 5. The molecule has 1 fully saturated rings. The number of halogens is 2. The van der Waals surface area contributed by atoms with Gasteiger partial charge in [0.15, 0.2) is 0 Å². The highest BCUT2D eigenvalue weighted by Crippen LogP contribution is 2.20. The lowest BCUT2D eigenvalue weighted by molar-refractivity contribution is -0.119. The fourth-order valence-electron chi connectivity index (χ4n) is 2.95. The zero-order valence-corrected chi connectivity index (χ0v) is 18.6. The van der Waals surface area contributed by atoms with E-state index in [4.69, 9.17) is 5.73 Å². The fraction of sp³-hybridized carbons (Fsp3) is 0.600. The van der Waals surface area contributed by atoms with Gasteiger partial charge in [0.05, 0.1) is 12.6 Å².